The zero-order valence-electron chi connectivity index (χ0n) is 21.2. The Morgan fingerprint density at radius 2 is 2.05 bits per heavy atom. The van der Waals surface area contributed by atoms with Crippen molar-refractivity contribution in [2.24, 2.45) is 5.92 Å². The second-order valence-corrected chi connectivity index (χ2v) is 10.2. The summed E-state index contributed by atoms with van der Waals surface area (Å²) < 4.78 is 6.08. The van der Waals surface area contributed by atoms with Gasteiger partial charge in [0.15, 0.2) is 17.4 Å². The summed E-state index contributed by atoms with van der Waals surface area (Å²) in [5, 5.41) is 19.5. The number of hydrogen-bond acceptors (Lipinski definition) is 8. The molecule has 3 atom stereocenters. The molecule has 12 heteroatoms. The van der Waals surface area contributed by atoms with E-state index in [1.54, 1.807) is 19.2 Å². The number of nitriles is 1. The molecule has 6 rings (SSSR count). The summed E-state index contributed by atoms with van der Waals surface area (Å²) in [7, 11) is 1.55. The molecule has 2 aliphatic heterocycles. The SMILES string of the molecule is CN(C(=O)c1nc(-c2ccccc2)n[nH]1)C(CC1CC1)C(=O)N1CC2(CC1C#N)Oc1cccnc1NC2=O. The first-order valence-electron chi connectivity index (χ1n) is 12.8. The zero-order chi connectivity index (χ0) is 27.1. The third kappa shape index (κ3) is 4.46. The van der Waals surface area contributed by atoms with Gasteiger partial charge >= 0.3 is 0 Å². The van der Waals surface area contributed by atoms with Gasteiger partial charge in [-0.3, -0.25) is 19.5 Å². The van der Waals surface area contributed by atoms with Gasteiger partial charge in [-0.25, -0.2) is 9.97 Å². The number of likely N-dealkylation sites (N-methyl/N-ethyl adjacent to an activating group) is 1. The van der Waals surface area contributed by atoms with Crippen LogP contribution < -0.4 is 10.1 Å². The maximum absolute atomic E-state index is 14.0. The quantitative estimate of drug-likeness (QED) is 0.494. The lowest BCUT2D eigenvalue weighted by molar-refractivity contribution is -0.138. The Labute approximate surface area is 224 Å². The number of amides is 3. The fourth-order valence-electron chi connectivity index (χ4n) is 5.17. The minimum absolute atomic E-state index is 0.00571. The van der Waals surface area contributed by atoms with Gasteiger partial charge in [0.25, 0.3) is 11.8 Å². The number of aromatic amines is 1. The van der Waals surface area contributed by atoms with E-state index in [9.17, 15) is 19.6 Å². The molecule has 1 saturated carbocycles. The van der Waals surface area contributed by atoms with Crippen LogP contribution in [0.3, 0.4) is 0 Å². The molecular formula is C27H26N8O4. The molecule has 1 aromatic carbocycles. The van der Waals surface area contributed by atoms with Crippen molar-refractivity contribution in [1.82, 2.24) is 30.0 Å². The molecule has 1 saturated heterocycles. The molecule has 0 radical (unpaired) electrons. The molecule has 2 aromatic heterocycles. The van der Waals surface area contributed by atoms with Gasteiger partial charge in [0.2, 0.25) is 17.3 Å². The highest BCUT2D eigenvalue weighted by Crippen LogP contribution is 2.40. The first kappa shape index (κ1) is 24.5. The van der Waals surface area contributed by atoms with E-state index in [-0.39, 0.29) is 18.8 Å². The average molecular weight is 527 g/mol. The molecule has 1 aliphatic carbocycles. The summed E-state index contributed by atoms with van der Waals surface area (Å²) in [4.78, 5) is 51.7. The summed E-state index contributed by atoms with van der Waals surface area (Å²) in [6.45, 7) is -0.117. The summed E-state index contributed by atoms with van der Waals surface area (Å²) in [6.07, 6.45) is 3.92. The molecule has 12 nitrogen and oxygen atoms in total. The standard InChI is InChI=1S/C27H26N8O4/c1-34(25(37)23-30-21(32-33-23)17-6-3-2-4-7-17)19(12-16-9-10-16)24(36)35-15-27(13-18(35)14-28)26(38)31-22-20(39-27)8-5-11-29-22/h2-8,11,16,18-19H,9-10,12-13,15H2,1H3,(H,29,31,38)(H,30,32,33). The van der Waals surface area contributed by atoms with E-state index in [2.05, 4.69) is 31.6 Å². The number of rotatable bonds is 6. The highest BCUT2D eigenvalue weighted by Gasteiger charge is 2.56. The van der Waals surface area contributed by atoms with Gasteiger partial charge in [-0.1, -0.05) is 43.2 Å². The Morgan fingerprint density at radius 1 is 1.26 bits per heavy atom. The largest absolute Gasteiger partial charge is 0.472 e. The Bertz CT molecular complexity index is 1480. The highest BCUT2D eigenvalue weighted by atomic mass is 16.5. The second-order valence-electron chi connectivity index (χ2n) is 10.2. The smallest absolute Gasteiger partial charge is 0.291 e. The lowest BCUT2D eigenvalue weighted by atomic mass is 9.97. The number of pyridine rings is 1. The lowest BCUT2D eigenvalue weighted by Crippen LogP contribution is -2.55. The van der Waals surface area contributed by atoms with E-state index >= 15 is 0 Å². The summed E-state index contributed by atoms with van der Waals surface area (Å²) in [6, 6.07) is 13.0. The number of likely N-dealkylation sites (tertiary alicyclic amines) is 1. The number of nitrogens with zero attached hydrogens (tertiary/aromatic N) is 6. The first-order valence-corrected chi connectivity index (χ1v) is 12.8. The van der Waals surface area contributed by atoms with E-state index in [1.807, 2.05) is 30.3 Å². The van der Waals surface area contributed by atoms with Gasteiger partial charge < -0.3 is 19.9 Å². The number of hydrogen-bond donors (Lipinski definition) is 2. The first-order chi connectivity index (χ1) is 18.9. The minimum Gasteiger partial charge on any atom is -0.472 e. The van der Waals surface area contributed by atoms with E-state index in [0.29, 0.717) is 29.7 Å². The number of H-pyrrole nitrogens is 1. The number of carbonyl (C=O) groups is 3. The molecule has 0 bridgehead atoms. The minimum atomic E-state index is -1.42. The number of nitrogens with one attached hydrogen (secondary N) is 2. The van der Waals surface area contributed by atoms with Crippen LogP contribution >= 0.6 is 0 Å². The Kier molecular flexibility index (Phi) is 5.98. The van der Waals surface area contributed by atoms with E-state index < -0.39 is 35.4 Å². The summed E-state index contributed by atoms with van der Waals surface area (Å²) in [5.41, 5.74) is -0.670. The van der Waals surface area contributed by atoms with Crippen LogP contribution in [-0.4, -0.2) is 79.0 Å². The van der Waals surface area contributed by atoms with Crippen LogP contribution in [0.4, 0.5) is 5.82 Å². The van der Waals surface area contributed by atoms with Crippen molar-refractivity contribution in [3.63, 3.8) is 0 Å². The lowest BCUT2D eigenvalue weighted by Gasteiger charge is -2.34. The van der Waals surface area contributed by atoms with Crippen molar-refractivity contribution in [1.29, 1.82) is 5.26 Å². The summed E-state index contributed by atoms with van der Waals surface area (Å²) in [5.74, 6) is 0.0120. The number of ether oxygens (including phenoxy) is 1. The predicted octanol–water partition coefficient (Wildman–Crippen LogP) is 2.00. The normalized spacial score (nSPS) is 22.4. The van der Waals surface area contributed by atoms with Crippen molar-refractivity contribution in [3.05, 3.63) is 54.5 Å². The molecular weight excluding hydrogens is 500 g/mol. The number of carbonyl (C=O) groups excluding carboxylic acids is 3. The predicted molar refractivity (Wildman–Crippen MR) is 137 cm³/mol. The van der Waals surface area contributed by atoms with E-state index in [4.69, 9.17) is 4.74 Å². The van der Waals surface area contributed by atoms with Gasteiger partial charge in [0.1, 0.15) is 12.1 Å². The molecule has 3 amide bonds. The third-order valence-corrected chi connectivity index (χ3v) is 7.53. The molecule has 1 spiro atoms. The van der Waals surface area contributed by atoms with Gasteiger partial charge in [0, 0.05) is 25.2 Å². The Morgan fingerprint density at radius 3 is 2.79 bits per heavy atom. The van der Waals surface area contributed by atoms with Crippen molar-refractivity contribution < 1.29 is 19.1 Å². The Hall–Kier alpha value is -4.79. The molecule has 39 heavy (non-hydrogen) atoms. The average Bonchev–Trinajstić information content (AvgIpc) is 3.50. The fourth-order valence-corrected chi connectivity index (χ4v) is 5.17. The van der Waals surface area contributed by atoms with Crippen LogP contribution in [0.25, 0.3) is 11.4 Å². The maximum atomic E-state index is 14.0. The van der Waals surface area contributed by atoms with Gasteiger partial charge in [-0.05, 0) is 24.5 Å². The van der Waals surface area contributed by atoms with Crippen LogP contribution in [0.5, 0.6) is 5.75 Å². The van der Waals surface area contributed by atoms with Gasteiger partial charge in [0.05, 0.1) is 12.6 Å². The molecule has 3 aromatic rings. The van der Waals surface area contributed by atoms with E-state index in [1.165, 1.54) is 16.0 Å². The summed E-state index contributed by atoms with van der Waals surface area (Å²) >= 11 is 0. The van der Waals surface area contributed by atoms with Gasteiger partial charge in [-0.2, -0.15) is 10.4 Å². The zero-order valence-corrected chi connectivity index (χ0v) is 21.2. The van der Waals surface area contributed by atoms with E-state index in [0.717, 1.165) is 18.4 Å². The molecule has 3 aliphatic rings. The third-order valence-electron chi connectivity index (χ3n) is 7.53. The number of fused-ring (bicyclic) bond motifs is 1. The van der Waals surface area contributed by atoms with Crippen molar-refractivity contribution in [2.75, 3.05) is 18.9 Å². The molecule has 198 valence electrons. The van der Waals surface area contributed by atoms with Crippen molar-refractivity contribution in [3.8, 4) is 23.2 Å². The number of aromatic nitrogens is 4. The van der Waals surface area contributed by atoms with Crippen LogP contribution in [0.1, 0.15) is 36.3 Å². The molecule has 4 heterocycles. The highest BCUT2D eigenvalue weighted by molar-refractivity contribution is 6.01. The number of anilines is 1. The van der Waals surface area contributed by atoms with Crippen LogP contribution in [-0.2, 0) is 9.59 Å². The molecule has 3 unspecified atom stereocenters. The number of benzene rings is 1. The molecule has 2 fully saturated rings. The van der Waals surface area contributed by atoms with Crippen molar-refractivity contribution >= 4 is 23.5 Å². The van der Waals surface area contributed by atoms with Gasteiger partial charge in [-0.15, -0.1) is 0 Å². The van der Waals surface area contributed by atoms with Crippen LogP contribution in [0.15, 0.2) is 48.7 Å². The maximum Gasteiger partial charge on any atom is 0.291 e. The second kappa shape index (κ2) is 9.50. The molecule has 2 N–H and O–H groups in total. The van der Waals surface area contributed by atoms with Crippen molar-refractivity contribution in [2.45, 2.75) is 43.4 Å². The monoisotopic (exact) mass is 526 g/mol. The Balaban J connectivity index is 1.25. The fraction of sp³-hybridized carbons (Fsp3) is 0.370. The van der Waals surface area contributed by atoms with Crippen LogP contribution in [0, 0.1) is 17.2 Å². The topological polar surface area (TPSA) is 157 Å². The van der Waals surface area contributed by atoms with Crippen LogP contribution in [0.2, 0.25) is 0 Å².